The third kappa shape index (κ3) is 2.81. The molecule has 0 spiro atoms. The molecule has 3 heterocycles. The number of nitrogens with zero attached hydrogens (tertiary/aromatic N) is 3. The molecule has 1 aliphatic heterocycles. The largest absolute Gasteiger partial charge is 0.339 e. The zero-order chi connectivity index (χ0) is 13.1. The van der Waals surface area contributed by atoms with Gasteiger partial charge in [0.2, 0.25) is 11.7 Å². The molecule has 1 unspecified atom stereocenters. The van der Waals surface area contributed by atoms with E-state index in [0.29, 0.717) is 5.82 Å². The minimum atomic E-state index is 0.666. The number of pyridine rings is 1. The summed E-state index contributed by atoms with van der Waals surface area (Å²) < 4.78 is 5.33. The number of rotatable bonds is 4. The molecule has 3 rings (SSSR count). The van der Waals surface area contributed by atoms with Crippen LogP contribution in [-0.4, -0.2) is 28.2 Å². The molecule has 2 aromatic rings. The van der Waals surface area contributed by atoms with Crippen LogP contribution in [0.25, 0.3) is 11.4 Å². The normalized spacial score (nSPS) is 18.9. The molecule has 5 nitrogen and oxygen atoms in total. The molecule has 1 N–H and O–H groups in total. The fourth-order valence-corrected chi connectivity index (χ4v) is 2.48. The van der Waals surface area contributed by atoms with E-state index in [1.165, 1.54) is 6.42 Å². The van der Waals surface area contributed by atoms with Crippen molar-refractivity contribution in [3.8, 4) is 11.4 Å². The summed E-state index contributed by atoms with van der Waals surface area (Å²) in [6.45, 7) is 4.25. The van der Waals surface area contributed by atoms with Crippen LogP contribution in [0.2, 0.25) is 0 Å². The second kappa shape index (κ2) is 5.48. The molecule has 1 fully saturated rings. The van der Waals surface area contributed by atoms with Crippen LogP contribution >= 0.6 is 0 Å². The van der Waals surface area contributed by atoms with E-state index in [2.05, 4.69) is 20.4 Å². The van der Waals surface area contributed by atoms with Crippen molar-refractivity contribution < 1.29 is 4.52 Å². The summed E-state index contributed by atoms with van der Waals surface area (Å²) in [5.74, 6) is 2.15. The van der Waals surface area contributed by atoms with Crippen LogP contribution in [0.15, 0.2) is 23.0 Å². The molecule has 19 heavy (non-hydrogen) atoms. The Balaban J connectivity index is 1.67. The molecule has 0 aliphatic carbocycles. The molecule has 0 radical (unpaired) electrons. The van der Waals surface area contributed by atoms with E-state index in [4.69, 9.17) is 4.52 Å². The lowest BCUT2D eigenvalue weighted by Crippen LogP contribution is -2.09. The van der Waals surface area contributed by atoms with Crippen LogP contribution in [0.4, 0.5) is 0 Å². The van der Waals surface area contributed by atoms with Gasteiger partial charge in [-0.05, 0) is 50.4 Å². The molecule has 0 aromatic carbocycles. The topological polar surface area (TPSA) is 63.8 Å². The van der Waals surface area contributed by atoms with E-state index in [9.17, 15) is 0 Å². The summed E-state index contributed by atoms with van der Waals surface area (Å²) in [6.07, 6.45) is 6.80. The standard InChI is InChI=1S/C14H18N4O/c1-10-8-15-7-5-12(10)14-17-13(19-18-14)3-2-11-4-6-16-9-11/h5,7-8,11,16H,2-4,6,9H2,1H3. The zero-order valence-electron chi connectivity index (χ0n) is 11.1. The number of aromatic nitrogens is 3. The number of aryl methyl sites for hydroxylation is 2. The lowest BCUT2D eigenvalue weighted by atomic mass is 10.0. The van der Waals surface area contributed by atoms with Crippen LogP contribution < -0.4 is 5.32 Å². The van der Waals surface area contributed by atoms with Crippen molar-refractivity contribution in [3.05, 3.63) is 29.9 Å². The van der Waals surface area contributed by atoms with Gasteiger partial charge in [0.05, 0.1) is 0 Å². The molecule has 0 amide bonds. The maximum Gasteiger partial charge on any atom is 0.226 e. The molecule has 1 aliphatic rings. The summed E-state index contributed by atoms with van der Waals surface area (Å²) >= 11 is 0. The highest BCUT2D eigenvalue weighted by atomic mass is 16.5. The Kier molecular flexibility index (Phi) is 3.55. The van der Waals surface area contributed by atoms with Gasteiger partial charge in [-0.2, -0.15) is 4.98 Å². The first kappa shape index (κ1) is 12.3. The zero-order valence-corrected chi connectivity index (χ0v) is 11.1. The maximum atomic E-state index is 5.33. The second-order valence-electron chi connectivity index (χ2n) is 5.10. The lowest BCUT2D eigenvalue weighted by molar-refractivity contribution is 0.365. The Labute approximate surface area is 112 Å². The highest BCUT2D eigenvalue weighted by Crippen LogP contribution is 2.20. The Bertz CT molecular complexity index is 546. The van der Waals surface area contributed by atoms with Crippen molar-refractivity contribution in [2.75, 3.05) is 13.1 Å². The van der Waals surface area contributed by atoms with Crippen molar-refractivity contribution in [2.45, 2.75) is 26.2 Å². The Morgan fingerprint density at radius 1 is 1.47 bits per heavy atom. The van der Waals surface area contributed by atoms with E-state index in [0.717, 1.165) is 48.9 Å². The monoisotopic (exact) mass is 258 g/mol. The van der Waals surface area contributed by atoms with Crippen molar-refractivity contribution in [1.29, 1.82) is 0 Å². The third-order valence-electron chi connectivity index (χ3n) is 3.66. The van der Waals surface area contributed by atoms with Gasteiger partial charge in [0.15, 0.2) is 0 Å². The molecule has 0 bridgehead atoms. The van der Waals surface area contributed by atoms with Crippen molar-refractivity contribution >= 4 is 0 Å². The molecule has 1 saturated heterocycles. The highest BCUT2D eigenvalue weighted by molar-refractivity contribution is 5.57. The molecule has 1 atom stereocenters. The molecule has 5 heteroatoms. The van der Waals surface area contributed by atoms with Crippen molar-refractivity contribution in [2.24, 2.45) is 5.92 Å². The van der Waals surface area contributed by atoms with Gasteiger partial charge in [0.1, 0.15) is 0 Å². The van der Waals surface area contributed by atoms with Gasteiger partial charge >= 0.3 is 0 Å². The highest BCUT2D eigenvalue weighted by Gasteiger charge is 2.16. The van der Waals surface area contributed by atoms with Gasteiger partial charge in [-0.25, -0.2) is 0 Å². The minimum Gasteiger partial charge on any atom is -0.339 e. The summed E-state index contributed by atoms with van der Waals surface area (Å²) in [7, 11) is 0. The number of nitrogens with one attached hydrogen (secondary N) is 1. The van der Waals surface area contributed by atoms with Gasteiger partial charge in [0.25, 0.3) is 0 Å². The van der Waals surface area contributed by atoms with Gasteiger partial charge < -0.3 is 9.84 Å². The predicted molar refractivity (Wildman–Crippen MR) is 71.6 cm³/mol. The fourth-order valence-electron chi connectivity index (χ4n) is 2.48. The first-order valence-corrected chi connectivity index (χ1v) is 6.77. The van der Waals surface area contributed by atoms with E-state index >= 15 is 0 Å². The van der Waals surface area contributed by atoms with Gasteiger partial charge in [0, 0.05) is 24.4 Å². The van der Waals surface area contributed by atoms with E-state index in [-0.39, 0.29) is 0 Å². The second-order valence-corrected chi connectivity index (χ2v) is 5.10. The predicted octanol–water partition coefficient (Wildman–Crippen LogP) is 1.98. The van der Waals surface area contributed by atoms with Gasteiger partial charge in [-0.1, -0.05) is 5.16 Å². The molecule has 2 aromatic heterocycles. The fraction of sp³-hybridized carbons (Fsp3) is 0.500. The van der Waals surface area contributed by atoms with Crippen molar-refractivity contribution in [1.82, 2.24) is 20.4 Å². The Hall–Kier alpha value is -1.75. The summed E-state index contributed by atoms with van der Waals surface area (Å²) in [5, 5.41) is 7.44. The molecule has 0 saturated carbocycles. The molecule has 100 valence electrons. The van der Waals surface area contributed by atoms with Gasteiger partial charge in [-0.15, -0.1) is 0 Å². The first-order chi connectivity index (χ1) is 9.33. The van der Waals surface area contributed by atoms with E-state index in [1.54, 1.807) is 6.20 Å². The third-order valence-corrected chi connectivity index (χ3v) is 3.66. The summed E-state index contributed by atoms with van der Waals surface area (Å²) in [4.78, 5) is 8.55. The average Bonchev–Trinajstić information content (AvgIpc) is 3.08. The maximum absolute atomic E-state index is 5.33. The van der Waals surface area contributed by atoms with Crippen LogP contribution in [0.5, 0.6) is 0 Å². The molecular formula is C14H18N4O. The Morgan fingerprint density at radius 3 is 3.21 bits per heavy atom. The van der Waals surface area contributed by atoms with Crippen molar-refractivity contribution in [3.63, 3.8) is 0 Å². The Morgan fingerprint density at radius 2 is 2.42 bits per heavy atom. The van der Waals surface area contributed by atoms with Crippen LogP contribution in [0.3, 0.4) is 0 Å². The summed E-state index contributed by atoms with van der Waals surface area (Å²) in [5.41, 5.74) is 2.06. The lowest BCUT2D eigenvalue weighted by Gasteiger charge is -2.04. The minimum absolute atomic E-state index is 0.666. The SMILES string of the molecule is Cc1cnccc1-c1noc(CCC2CCNC2)n1. The van der Waals surface area contributed by atoms with Gasteiger partial charge in [-0.3, -0.25) is 4.98 Å². The van der Waals surface area contributed by atoms with Crippen LogP contribution in [-0.2, 0) is 6.42 Å². The average molecular weight is 258 g/mol. The number of hydrogen-bond acceptors (Lipinski definition) is 5. The molecular weight excluding hydrogens is 240 g/mol. The van der Waals surface area contributed by atoms with E-state index < -0.39 is 0 Å². The summed E-state index contributed by atoms with van der Waals surface area (Å²) in [6, 6.07) is 1.92. The quantitative estimate of drug-likeness (QED) is 0.908. The van der Waals surface area contributed by atoms with E-state index in [1.807, 2.05) is 19.2 Å². The smallest absolute Gasteiger partial charge is 0.226 e. The first-order valence-electron chi connectivity index (χ1n) is 6.77. The number of hydrogen-bond donors (Lipinski definition) is 1. The van der Waals surface area contributed by atoms with Crippen LogP contribution in [0.1, 0.15) is 24.3 Å². The van der Waals surface area contributed by atoms with Crippen LogP contribution in [0, 0.1) is 12.8 Å².